The molecule has 0 spiro atoms. The number of nitrogens with two attached hydrogens (primary N) is 1. The summed E-state index contributed by atoms with van der Waals surface area (Å²) in [5.74, 6) is 2.52. The molecule has 3 atom stereocenters. The Bertz CT molecular complexity index is 938. The van der Waals surface area contributed by atoms with Crippen molar-refractivity contribution >= 4 is 12.2 Å². The third-order valence-corrected chi connectivity index (χ3v) is 6.38. The van der Waals surface area contributed by atoms with E-state index in [-0.39, 0.29) is 6.10 Å². The first-order chi connectivity index (χ1) is 18.0. The molecular weight excluding hydrogens is 456 g/mol. The number of allylic oxidation sites excluding steroid dienone is 1. The van der Waals surface area contributed by atoms with Crippen molar-refractivity contribution in [1.29, 1.82) is 0 Å². The van der Waals surface area contributed by atoms with Crippen LogP contribution in [0.25, 0.3) is 12.2 Å². The molecule has 4 heteroatoms. The number of rotatable bonds is 5. The fraction of sp³-hybridized carbons (Fsp3) is 0.576. The molecule has 4 rings (SSSR count). The van der Waals surface area contributed by atoms with Crippen LogP contribution in [0, 0.1) is 11.8 Å². The van der Waals surface area contributed by atoms with E-state index in [1.54, 1.807) is 7.11 Å². The van der Waals surface area contributed by atoms with Gasteiger partial charge in [0.05, 0.1) is 12.8 Å². The first-order valence-corrected chi connectivity index (χ1v) is 14.6. The summed E-state index contributed by atoms with van der Waals surface area (Å²) in [6.45, 7) is 25.0. The highest BCUT2D eigenvalue weighted by Gasteiger charge is 2.41. The van der Waals surface area contributed by atoms with Crippen LogP contribution in [-0.4, -0.2) is 18.6 Å². The summed E-state index contributed by atoms with van der Waals surface area (Å²) in [6, 6.07) is 6.33. The van der Waals surface area contributed by atoms with Crippen molar-refractivity contribution in [2.45, 2.75) is 101 Å². The third kappa shape index (κ3) is 8.53. The molecule has 210 valence electrons. The number of hydrogen-bond acceptors (Lipinski definition) is 3. The monoisotopic (exact) mass is 512 g/mol. The van der Waals surface area contributed by atoms with Crippen LogP contribution in [0.5, 0.6) is 11.5 Å². The Morgan fingerprint density at radius 3 is 2.30 bits per heavy atom. The molecule has 4 nitrogen and oxygen atoms in total. The van der Waals surface area contributed by atoms with E-state index in [9.17, 15) is 0 Å². The lowest BCUT2D eigenvalue weighted by Gasteiger charge is -2.38. The number of H-pyrrole nitrogens is 1. The van der Waals surface area contributed by atoms with E-state index < -0.39 is 0 Å². The van der Waals surface area contributed by atoms with E-state index in [2.05, 4.69) is 43.6 Å². The molecule has 0 fully saturated rings. The minimum Gasteiger partial charge on any atom is -0.493 e. The molecule has 2 unspecified atom stereocenters. The molecule has 2 aliphatic rings. The zero-order valence-corrected chi connectivity index (χ0v) is 25.8. The highest BCUT2D eigenvalue weighted by molar-refractivity contribution is 5.69. The number of aromatic nitrogens is 1. The van der Waals surface area contributed by atoms with E-state index in [0.29, 0.717) is 18.4 Å². The molecule has 0 radical (unpaired) electrons. The fourth-order valence-electron chi connectivity index (χ4n) is 5.05. The van der Waals surface area contributed by atoms with Gasteiger partial charge in [0.25, 0.3) is 0 Å². The Labute approximate surface area is 228 Å². The lowest BCUT2D eigenvalue weighted by atomic mass is 9.72. The predicted molar refractivity (Wildman–Crippen MR) is 165 cm³/mol. The Morgan fingerprint density at radius 1 is 1.11 bits per heavy atom. The lowest BCUT2D eigenvalue weighted by Crippen LogP contribution is -2.34. The topological polar surface area (TPSA) is 60.3 Å². The van der Waals surface area contributed by atoms with Crippen molar-refractivity contribution in [3.63, 3.8) is 0 Å². The summed E-state index contributed by atoms with van der Waals surface area (Å²) in [5, 5.41) is 0. The van der Waals surface area contributed by atoms with Crippen LogP contribution in [-0.2, 0) is 12.8 Å². The van der Waals surface area contributed by atoms with Gasteiger partial charge < -0.3 is 20.2 Å². The summed E-state index contributed by atoms with van der Waals surface area (Å²) in [6.07, 6.45) is 8.31. The van der Waals surface area contributed by atoms with Crippen molar-refractivity contribution in [2.24, 2.45) is 17.6 Å². The van der Waals surface area contributed by atoms with Gasteiger partial charge in [0.1, 0.15) is 6.10 Å². The van der Waals surface area contributed by atoms with Gasteiger partial charge >= 0.3 is 0 Å². The van der Waals surface area contributed by atoms with Crippen LogP contribution in [0.4, 0.5) is 0 Å². The molecular formula is C33H56N2O2. The molecule has 1 aliphatic heterocycles. The largest absolute Gasteiger partial charge is 0.493 e. The quantitative estimate of drug-likeness (QED) is 0.419. The van der Waals surface area contributed by atoms with Gasteiger partial charge in [-0.25, -0.2) is 0 Å². The minimum absolute atomic E-state index is 0.0624. The van der Waals surface area contributed by atoms with Crippen molar-refractivity contribution in [2.75, 3.05) is 13.7 Å². The molecule has 4 bridgehead atoms. The summed E-state index contributed by atoms with van der Waals surface area (Å²) >= 11 is 0. The molecule has 0 saturated heterocycles. The van der Waals surface area contributed by atoms with Crippen LogP contribution >= 0.6 is 0 Å². The number of benzene rings is 1. The Kier molecular flexibility index (Phi) is 17.5. The molecule has 2 heterocycles. The molecule has 3 N–H and O–H groups in total. The summed E-state index contributed by atoms with van der Waals surface area (Å²) < 4.78 is 12.3. The maximum atomic E-state index is 6.71. The van der Waals surface area contributed by atoms with Crippen LogP contribution in [0.3, 0.4) is 0 Å². The van der Waals surface area contributed by atoms with E-state index in [1.807, 2.05) is 67.5 Å². The number of methoxy groups -OCH3 is 1. The lowest BCUT2D eigenvalue weighted by molar-refractivity contribution is 0.0692. The zero-order chi connectivity index (χ0) is 28.5. The second kappa shape index (κ2) is 18.7. The van der Waals surface area contributed by atoms with Gasteiger partial charge in [-0.05, 0) is 81.3 Å². The Hall–Kier alpha value is -2.46. The first-order valence-electron chi connectivity index (χ1n) is 14.6. The predicted octanol–water partition coefficient (Wildman–Crippen LogP) is 9.40. The standard InChI is InChI=1S/C25H32N2O2.4C2H6/c1-5-21-19(12-15(2)3)20-14-17-8-6-16-7-9-22(28-4)23(13-16)29-25(24(20)27-21)18(17)10-11-26;4*1-2/h5,7,9,12-13,17-18,25,27H,1,6,8,10-11,14,26H2,2-4H3;4*1-2H3/t17?,18?,25-;;;;/m1..../s1. The molecule has 0 amide bonds. The second-order valence-corrected chi connectivity index (χ2v) is 8.54. The van der Waals surface area contributed by atoms with Crippen LogP contribution in [0.1, 0.15) is 116 Å². The maximum absolute atomic E-state index is 6.71. The van der Waals surface area contributed by atoms with Gasteiger partial charge in [-0.1, -0.05) is 79.7 Å². The number of aryl methyl sites for hydroxylation is 1. The van der Waals surface area contributed by atoms with Gasteiger partial charge in [0.15, 0.2) is 11.5 Å². The number of hydrogen-bond donors (Lipinski definition) is 2. The average molecular weight is 513 g/mol. The number of aromatic amines is 1. The van der Waals surface area contributed by atoms with Crippen molar-refractivity contribution in [3.05, 3.63) is 58.4 Å². The van der Waals surface area contributed by atoms with Crippen LogP contribution in [0.15, 0.2) is 30.4 Å². The van der Waals surface area contributed by atoms with Gasteiger partial charge in [0, 0.05) is 17.2 Å². The van der Waals surface area contributed by atoms with Crippen molar-refractivity contribution in [3.8, 4) is 11.5 Å². The number of ether oxygens (including phenoxy) is 2. The van der Waals surface area contributed by atoms with Gasteiger partial charge in [0.2, 0.25) is 0 Å². The highest BCUT2D eigenvalue weighted by Crippen LogP contribution is 2.48. The van der Waals surface area contributed by atoms with E-state index in [0.717, 1.165) is 42.9 Å². The van der Waals surface area contributed by atoms with Gasteiger partial charge in [-0.3, -0.25) is 0 Å². The zero-order valence-electron chi connectivity index (χ0n) is 25.8. The number of nitrogens with one attached hydrogen (secondary N) is 1. The van der Waals surface area contributed by atoms with Crippen LogP contribution < -0.4 is 15.2 Å². The first kappa shape index (κ1) is 34.5. The van der Waals surface area contributed by atoms with Crippen molar-refractivity contribution in [1.82, 2.24) is 4.98 Å². The molecule has 2 aromatic rings. The normalized spacial score (nSPS) is 18.2. The molecule has 0 saturated carbocycles. The summed E-state index contributed by atoms with van der Waals surface area (Å²) in [5.41, 5.74) is 13.5. The SMILES string of the molecule is C=Cc1[nH]c2c(c1C=C(C)C)CC1CCc3ccc(OC)c(c3)O[C@@H]2C1CCN.CC.CC.CC.CC. The average Bonchev–Trinajstić information content (AvgIpc) is 3.30. The van der Waals surface area contributed by atoms with Crippen LogP contribution in [0.2, 0.25) is 0 Å². The minimum atomic E-state index is -0.0624. The highest BCUT2D eigenvalue weighted by atomic mass is 16.5. The van der Waals surface area contributed by atoms with E-state index >= 15 is 0 Å². The Morgan fingerprint density at radius 2 is 1.76 bits per heavy atom. The van der Waals surface area contributed by atoms with E-state index in [4.69, 9.17) is 15.2 Å². The van der Waals surface area contributed by atoms with Gasteiger partial charge in [-0.15, -0.1) is 0 Å². The fourth-order valence-corrected chi connectivity index (χ4v) is 5.05. The molecule has 1 aromatic carbocycles. The second-order valence-electron chi connectivity index (χ2n) is 8.54. The Balaban J connectivity index is 0.00000148. The molecule has 1 aliphatic carbocycles. The summed E-state index contributed by atoms with van der Waals surface area (Å²) in [7, 11) is 1.70. The number of fused-ring (bicyclic) bond motifs is 6. The van der Waals surface area contributed by atoms with E-state index in [1.165, 1.54) is 28.0 Å². The maximum Gasteiger partial charge on any atom is 0.162 e. The van der Waals surface area contributed by atoms with Gasteiger partial charge in [-0.2, -0.15) is 0 Å². The smallest absolute Gasteiger partial charge is 0.162 e. The molecule has 1 aromatic heterocycles. The van der Waals surface area contributed by atoms with Crippen molar-refractivity contribution < 1.29 is 9.47 Å². The summed E-state index contributed by atoms with van der Waals surface area (Å²) in [4.78, 5) is 3.65. The molecule has 37 heavy (non-hydrogen) atoms. The third-order valence-electron chi connectivity index (χ3n) is 6.38.